The third kappa shape index (κ3) is 4.36. The second kappa shape index (κ2) is 8.47. The molecule has 4 rings (SSSR count). The van der Waals surface area contributed by atoms with E-state index in [1.54, 1.807) is 12.3 Å². The van der Waals surface area contributed by atoms with Crippen molar-refractivity contribution in [2.24, 2.45) is 0 Å². The van der Waals surface area contributed by atoms with Gasteiger partial charge in [0.05, 0.1) is 12.2 Å². The number of esters is 1. The minimum Gasteiger partial charge on any atom is -0.455 e. The fourth-order valence-electron chi connectivity index (χ4n) is 3.25. The van der Waals surface area contributed by atoms with Crippen molar-refractivity contribution in [3.05, 3.63) is 36.5 Å². The van der Waals surface area contributed by atoms with Gasteiger partial charge >= 0.3 is 5.97 Å². The summed E-state index contributed by atoms with van der Waals surface area (Å²) in [4.78, 5) is 28.3. The van der Waals surface area contributed by atoms with Gasteiger partial charge in [-0.05, 0) is 25.0 Å². The molecule has 1 saturated carbocycles. The third-order valence-electron chi connectivity index (χ3n) is 4.56. The molecule has 1 fully saturated rings. The van der Waals surface area contributed by atoms with Crippen LogP contribution in [0.5, 0.6) is 0 Å². The average molecular weight is 400 g/mol. The Labute approximate surface area is 165 Å². The minimum atomic E-state index is -0.508. The molecule has 2 heterocycles. The van der Waals surface area contributed by atoms with Crippen LogP contribution in [-0.2, 0) is 14.3 Å². The van der Waals surface area contributed by atoms with E-state index in [0.717, 1.165) is 30.1 Å². The number of nitrogens with zero attached hydrogens (tertiary/aromatic N) is 3. The summed E-state index contributed by atoms with van der Waals surface area (Å²) < 4.78 is 12.4. The molecule has 0 radical (unpaired) electrons. The Bertz CT molecular complexity index is 944. The summed E-state index contributed by atoms with van der Waals surface area (Å²) in [7, 11) is 0. The smallest absolute Gasteiger partial charge is 0.316 e. The standard InChI is InChI=1S/C19H20N4O4S/c24-17(22-16-9-10-20-23(16)13-5-1-2-6-13)11-26-18(25)12-28-19-21-14-7-3-4-8-15(14)27-19/h3-4,7-10,13H,1-2,5-6,11-12H2,(H,22,24). The number of anilines is 1. The average Bonchev–Trinajstić information content (AvgIpc) is 3.43. The summed E-state index contributed by atoms with van der Waals surface area (Å²) in [5, 5.41) is 7.45. The Morgan fingerprint density at radius 3 is 2.89 bits per heavy atom. The van der Waals surface area contributed by atoms with E-state index in [-0.39, 0.29) is 18.3 Å². The number of oxazole rings is 1. The number of carbonyl (C=O) groups excluding carboxylic acids is 2. The monoisotopic (exact) mass is 400 g/mol. The minimum absolute atomic E-state index is 0.0140. The number of rotatable bonds is 7. The van der Waals surface area contributed by atoms with E-state index in [1.807, 2.05) is 28.9 Å². The molecule has 0 unspecified atom stereocenters. The highest BCUT2D eigenvalue weighted by Crippen LogP contribution is 2.31. The molecular formula is C19H20N4O4S. The van der Waals surface area contributed by atoms with Crippen LogP contribution in [0.3, 0.4) is 0 Å². The molecule has 0 atom stereocenters. The van der Waals surface area contributed by atoms with Crippen LogP contribution in [0.15, 0.2) is 46.2 Å². The van der Waals surface area contributed by atoms with Gasteiger partial charge in [0, 0.05) is 6.07 Å². The lowest BCUT2D eigenvalue weighted by atomic mass is 10.2. The predicted octanol–water partition coefficient (Wildman–Crippen LogP) is 3.41. The number of thioether (sulfide) groups is 1. The zero-order chi connectivity index (χ0) is 19.3. The Balaban J connectivity index is 1.23. The Hall–Kier alpha value is -2.81. The van der Waals surface area contributed by atoms with Crippen LogP contribution in [0.1, 0.15) is 31.7 Å². The maximum absolute atomic E-state index is 12.1. The van der Waals surface area contributed by atoms with Crippen molar-refractivity contribution < 1.29 is 18.7 Å². The number of para-hydroxylation sites is 2. The van der Waals surface area contributed by atoms with Crippen LogP contribution in [-0.4, -0.2) is 39.0 Å². The molecule has 9 heteroatoms. The van der Waals surface area contributed by atoms with Crippen molar-refractivity contribution in [2.75, 3.05) is 17.7 Å². The lowest BCUT2D eigenvalue weighted by molar-refractivity contribution is -0.144. The quantitative estimate of drug-likeness (QED) is 0.479. The molecule has 1 N–H and O–H groups in total. The normalized spacial score (nSPS) is 14.4. The van der Waals surface area contributed by atoms with E-state index in [9.17, 15) is 9.59 Å². The highest BCUT2D eigenvalue weighted by molar-refractivity contribution is 7.99. The predicted molar refractivity (Wildman–Crippen MR) is 104 cm³/mol. The molecule has 0 aliphatic heterocycles. The molecule has 1 aliphatic carbocycles. The number of benzene rings is 1. The Morgan fingerprint density at radius 1 is 1.25 bits per heavy atom. The molecule has 3 aromatic rings. The first-order valence-electron chi connectivity index (χ1n) is 9.16. The highest BCUT2D eigenvalue weighted by atomic mass is 32.2. The number of hydrogen-bond acceptors (Lipinski definition) is 7. The van der Waals surface area contributed by atoms with E-state index in [2.05, 4.69) is 15.4 Å². The first-order valence-corrected chi connectivity index (χ1v) is 10.1. The van der Waals surface area contributed by atoms with Gasteiger partial charge < -0.3 is 14.5 Å². The molecule has 1 amide bonds. The summed E-state index contributed by atoms with van der Waals surface area (Å²) >= 11 is 1.13. The van der Waals surface area contributed by atoms with Gasteiger partial charge in [0.1, 0.15) is 17.1 Å². The molecule has 2 aromatic heterocycles. The summed E-state index contributed by atoms with van der Waals surface area (Å²) in [5.41, 5.74) is 1.40. The van der Waals surface area contributed by atoms with Crippen molar-refractivity contribution in [1.82, 2.24) is 14.8 Å². The first-order chi connectivity index (χ1) is 13.7. The molecule has 28 heavy (non-hydrogen) atoms. The van der Waals surface area contributed by atoms with Crippen molar-refractivity contribution in [2.45, 2.75) is 36.9 Å². The lowest BCUT2D eigenvalue weighted by Crippen LogP contribution is -2.23. The van der Waals surface area contributed by atoms with Gasteiger partial charge in [-0.2, -0.15) is 5.10 Å². The second-order valence-corrected chi connectivity index (χ2v) is 7.47. The fraction of sp³-hybridized carbons (Fsp3) is 0.368. The van der Waals surface area contributed by atoms with Gasteiger partial charge in [0.15, 0.2) is 12.2 Å². The van der Waals surface area contributed by atoms with Crippen LogP contribution in [0.2, 0.25) is 0 Å². The van der Waals surface area contributed by atoms with Crippen molar-refractivity contribution in [3.8, 4) is 0 Å². The number of amides is 1. The van der Waals surface area contributed by atoms with Crippen molar-refractivity contribution in [1.29, 1.82) is 0 Å². The number of fused-ring (bicyclic) bond motifs is 1. The summed E-state index contributed by atoms with van der Waals surface area (Å²) in [6.45, 7) is -0.344. The topological polar surface area (TPSA) is 99.2 Å². The van der Waals surface area contributed by atoms with E-state index < -0.39 is 5.97 Å². The van der Waals surface area contributed by atoms with E-state index >= 15 is 0 Å². The number of hydrogen-bond donors (Lipinski definition) is 1. The second-order valence-electron chi connectivity index (χ2n) is 6.54. The molecule has 0 bridgehead atoms. The SMILES string of the molecule is O=C(COC(=O)CSc1nc2ccccc2o1)Nc1ccnn1C1CCCC1. The maximum Gasteiger partial charge on any atom is 0.316 e. The number of nitrogens with one attached hydrogen (secondary N) is 1. The van der Waals surface area contributed by atoms with Gasteiger partial charge in [-0.15, -0.1) is 0 Å². The van der Waals surface area contributed by atoms with Crippen molar-refractivity contribution >= 4 is 40.6 Å². The van der Waals surface area contributed by atoms with Gasteiger partial charge in [0.2, 0.25) is 0 Å². The van der Waals surface area contributed by atoms with Crippen molar-refractivity contribution in [3.63, 3.8) is 0 Å². The zero-order valence-corrected chi connectivity index (χ0v) is 16.0. The van der Waals surface area contributed by atoms with Crippen LogP contribution in [0, 0.1) is 0 Å². The summed E-state index contributed by atoms with van der Waals surface area (Å²) in [5.74, 6) is -0.249. The molecule has 1 aliphatic rings. The van der Waals surface area contributed by atoms with Gasteiger partial charge in [-0.3, -0.25) is 9.59 Å². The van der Waals surface area contributed by atoms with Crippen LogP contribution >= 0.6 is 11.8 Å². The highest BCUT2D eigenvalue weighted by Gasteiger charge is 2.20. The number of aromatic nitrogens is 3. The zero-order valence-electron chi connectivity index (χ0n) is 15.2. The molecule has 1 aromatic carbocycles. The summed E-state index contributed by atoms with van der Waals surface area (Å²) in [6.07, 6.45) is 6.14. The van der Waals surface area contributed by atoms with Crippen LogP contribution in [0.25, 0.3) is 11.1 Å². The summed E-state index contributed by atoms with van der Waals surface area (Å²) in [6, 6.07) is 9.44. The van der Waals surface area contributed by atoms with Gasteiger partial charge in [-0.25, -0.2) is 9.67 Å². The molecule has 8 nitrogen and oxygen atoms in total. The lowest BCUT2D eigenvalue weighted by Gasteiger charge is -2.14. The maximum atomic E-state index is 12.1. The largest absolute Gasteiger partial charge is 0.455 e. The third-order valence-corrected chi connectivity index (χ3v) is 5.36. The fourth-order valence-corrected chi connectivity index (χ4v) is 3.89. The van der Waals surface area contributed by atoms with E-state index in [1.165, 1.54) is 12.8 Å². The van der Waals surface area contributed by atoms with Crippen LogP contribution < -0.4 is 5.32 Å². The Kier molecular flexibility index (Phi) is 5.61. The Morgan fingerprint density at radius 2 is 2.07 bits per heavy atom. The molecule has 0 spiro atoms. The molecule has 0 saturated heterocycles. The molecule has 146 valence electrons. The van der Waals surface area contributed by atoms with E-state index in [0.29, 0.717) is 22.7 Å². The van der Waals surface area contributed by atoms with Gasteiger partial charge in [-0.1, -0.05) is 36.7 Å². The van der Waals surface area contributed by atoms with Crippen LogP contribution in [0.4, 0.5) is 5.82 Å². The number of carbonyl (C=O) groups is 2. The number of ether oxygens (including phenoxy) is 1. The van der Waals surface area contributed by atoms with Gasteiger partial charge in [0.25, 0.3) is 11.1 Å². The van der Waals surface area contributed by atoms with E-state index in [4.69, 9.17) is 9.15 Å². The first kappa shape index (κ1) is 18.5. The molecular weight excluding hydrogens is 380 g/mol.